The highest BCUT2D eigenvalue weighted by Crippen LogP contribution is 2.16. The van der Waals surface area contributed by atoms with Gasteiger partial charge < -0.3 is 67.5 Å². The van der Waals surface area contributed by atoms with Crippen molar-refractivity contribution >= 4 is 53.2 Å². The Kier molecular flexibility index (Phi) is 32.1. The van der Waals surface area contributed by atoms with E-state index in [4.69, 9.17) is 22.9 Å². The lowest BCUT2D eigenvalue weighted by Gasteiger charge is -2.33. The lowest BCUT2D eigenvalue weighted by atomic mass is 10.2. The minimum Gasteiger partial charge on any atom is -0.368 e. The lowest BCUT2D eigenvalue weighted by Crippen LogP contribution is -2.52. The fourth-order valence-corrected chi connectivity index (χ4v) is 10.4. The number of carbonyl (C=O) groups is 9. The van der Waals surface area contributed by atoms with Crippen LogP contribution >= 0.6 is 0 Å². The largest absolute Gasteiger partial charge is 0.368 e. The number of rotatable bonds is 42. The summed E-state index contributed by atoms with van der Waals surface area (Å²) < 4.78 is 0. The van der Waals surface area contributed by atoms with Gasteiger partial charge in [-0.05, 0) is 98.1 Å². The molecule has 0 aliphatic rings. The third-order valence-electron chi connectivity index (χ3n) is 15.6. The fourth-order valence-electron chi connectivity index (χ4n) is 10.4. The molecule has 94 heavy (non-hydrogen) atoms. The second-order valence-electron chi connectivity index (χ2n) is 23.2. The Hall–Kier alpha value is -9.61. The molecule has 0 saturated carbocycles. The zero-order valence-corrected chi connectivity index (χ0v) is 54.0. The Labute approximate surface area is 552 Å². The molecule has 22 nitrogen and oxygen atoms in total. The first-order valence-electron chi connectivity index (χ1n) is 32.2. The van der Waals surface area contributed by atoms with Crippen LogP contribution in [0.15, 0.2) is 182 Å². The van der Waals surface area contributed by atoms with Crippen molar-refractivity contribution in [1.29, 1.82) is 0 Å². The molecule has 500 valence electrons. The van der Waals surface area contributed by atoms with Crippen LogP contribution in [0.1, 0.15) is 71.9 Å². The van der Waals surface area contributed by atoms with Crippen LogP contribution in [-0.2, 0) is 82.4 Å². The van der Waals surface area contributed by atoms with Crippen molar-refractivity contribution in [3.63, 3.8) is 0 Å². The van der Waals surface area contributed by atoms with Crippen LogP contribution in [0, 0.1) is 0 Å². The molecule has 6 aromatic carbocycles. The minimum absolute atomic E-state index is 0.0129. The van der Waals surface area contributed by atoms with E-state index in [-0.39, 0.29) is 71.4 Å². The quantitative estimate of drug-likeness (QED) is 0.0338. The van der Waals surface area contributed by atoms with Crippen LogP contribution in [-0.4, -0.2) is 191 Å². The van der Waals surface area contributed by atoms with E-state index in [2.05, 4.69) is 5.32 Å². The number of nitrogens with zero attached hydrogens (tertiary/aromatic N) is 8. The van der Waals surface area contributed by atoms with Gasteiger partial charge in [0.25, 0.3) is 0 Å². The van der Waals surface area contributed by atoms with Crippen LogP contribution in [0.25, 0.3) is 0 Å². The van der Waals surface area contributed by atoms with E-state index in [9.17, 15) is 33.6 Å². The molecule has 22 heteroatoms. The summed E-state index contributed by atoms with van der Waals surface area (Å²) in [5, 5.41) is 3.17. The summed E-state index contributed by atoms with van der Waals surface area (Å²) in [6, 6.07) is 54.6. The molecule has 6 aromatic rings. The Bertz CT molecular complexity index is 3280. The summed E-state index contributed by atoms with van der Waals surface area (Å²) in [4.78, 5) is 141. The van der Waals surface area contributed by atoms with Crippen LogP contribution in [0.3, 0.4) is 0 Å². The van der Waals surface area contributed by atoms with Crippen molar-refractivity contribution in [2.24, 2.45) is 22.9 Å². The first-order valence-corrected chi connectivity index (χ1v) is 32.2. The second kappa shape index (κ2) is 41.1. The number of carbonyl (C=O) groups excluding carboxylic acids is 9. The number of amides is 9. The summed E-state index contributed by atoms with van der Waals surface area (Å²) in [7, 11) is 0. The van der Waals surface area contributed by atoms with Gasteiger partial charge in [-0.3, -0.25) is 43.2 Å². The summed E-state index contributed by atoms with van der Waals surface area (Å²) in [5.41, 5.74) is 27.6. The van der Waals surface area contributed by atoms with Gasteiger partial charge in [-0.1, -0.05) is 182 Å². The monoisotopic (exact) mass is 1280 g/mol. The van der Waals surface area contributed by atoms with Crippen molar-refractivity contribution < 1.29 is 43.2 Å². The zero-order chi connectivity index (χ0) is 67.3. The Morgan fingerprint density at radius 3 is 0.723 bits per heavy atom. The molecule has 0 aromatic heterocycles. The number of nitrogens with two attached hydrogens (primary N) is 4. The SMILES string of the molecule is NCCCCNCC(=O)N(CC(=O)N(CC(=O)N(CCCCN)CC(=O)N(CC(=O)N(CC(=O)N(CCCCN)CC(=O)N(CC(=O)N(CC(N)=O)Cc1ccccc1)Cc1ccccc1)Cc1ccccc1)Cc1ccccc1)Cc1ccccc1)Cc1ccccc1. The number of primary amides is 1. The second-order valence-corrected chi connectivity index (χ2v) is 23.2. The number of hydrogen-bond acceptors (Lipinski definition) is 13. The molecule has 0 fully saturated rings. The Morgan fingerprint density at radius 1 is 0.266 bits per heavy atom. The van der Waals surface area contributed by atoms with Crippen LogP contribution < -0.4 is 28.3 Å². The molecule has 9 N–H and O–H groups in total. The molecular weight excluding hydrogens is 1190 g/mol. The topological polar surface area (TPSA) is 296 Å². The molecule has 0 aliphatic heterocycles. The maximum atomic E-state index is 15.2. The van der Waals surface area contributed by atoms with Gasteiger partial charge in [-0.25, -0.2) is 0 Å². The van der Waals surface area contributed by atoms with E-state index in [1.165, 1.54) is 39.2 Å². The number of hydrogen-bond donors (Lipinski definition) is 5. The van der Waals surface area contributed by atoms with Crippen LogP contribution in [0.5, 0.6) is 0 Å². The van der Waals surface area contributed by atoms with Gasteiger partial charge in [0.1, 0.15) is 32.7 Å². The molecule has 0 atom stereocenters. The fraction of sp³-hybridized carbons (Fsp3) is 0.375. The van der Waals surface area contributed by atoms with Crippen molar-refractivity contribution in [2.75, 3.05) is 98.2 Å². The average Bonchev–Trinajstić information content (AvgIpc) is 1.33. The summed E-state index contributed by atoms with van der Waals surface area (Å²) in [6.07, 6.45) is 3.39. The van der Waals surface area contributed by atoms with E-state index in [0.29, 0.717) is 68.6 Å². The third kappa shape index (κ3) is 26.5. The molecule has 0 radical (unpaired) electrons. The van der Waals surface area contributed by atoms with Crippen LogP contribution in [0.2, 0.25) is 0 Å². The average molecular weight is 1280 g/mol. The maximum absolute atomic E-state index is 15.2. The molecule has 9 amide bonds. The van der Waals surface area contributed by atoms with Crippen molar-refractivity contribution in [3.05, 3.63) is 215 Å². The van der Waals surface area contributed by atoms with Gasteiger partial charge in [0.2, 0.25) is 53.2 Å². The van der Waals surface area contributed by atoms with E-state index in [1.54, 1.807) is 84.9 Å². The predicted octanol–water partition coefficient (Wildman–Crippen LogP) is 4.11. The van der Waals surface area contributed by atoms with E-state index in [0.717, 1.165) is 29.5 Å². The standard InChI is InChI=1S/C72H93N13O9/c73-37-19-22-40-77-43-65(87)81(45-59-27-9-2-10-28-59)55-71(93)82(46-60-29-11-3-12-30-60)53-66(88)79(42-24-21-39-75)52-69(91)85(49-63-35-17-6-18-36-63)57-72(94)83(47-61-31-13-4-14-32-61)54-67(89)78(41-23-20-38-74)51-68(90)84(48-62-33-15-5-16-34-62)56-70(92)80(50-64(76)86)44-58-25-7-1-8-26-58/h1-18,25-36,77H,19-24,37-57,73-75H2,(H2,76,86). The van der Waals surface area contributed by atoms with Gasteiger partial charge in [-0.15, -0.1) is 0 Å². The molecule has 0 unspecified atom stereocenters. The van der Waals surface area contributed by atoms with Gasteiger partial charge >= 0.3 is 0 Å². The number of nitrogens with one attached hydrogen (secondary N) is 1. The van der Waals surface area contributed by atoms with E-state index >= 15 is 9.59 Å². The van der Waals surface area contributed by atoms with Crippen LogP contribution in [0.4, 0.5) is 0 Å². The zero-order valence-electron chi connectivity index (χ0n) is 54.0. The van der Waals surface area contributed by atoms with Gasteiger partial charge in [-0.2, -0.15) is 0 Å². The Morgan fingerprint density at radius 2 is 0.479 bits per heavy atom. The molecule has 0 saturated heterocycles. The number of benzene rings is 6. The first-order chi connectivity index (χ1) is 45.6. The normalized spacial score (nSPS) is 10.8. The third-order valence-corrected chi connectivity index (χ3v) is 15.6. The lowest BCUT2D eigenvalue weighted by molar-refractivity contribution is -0.149. The molecule has 0 bridgehead atoms. The van der Waals surface area contributed by atoms with E-state index < -0.39 is 93.1 Å². The maximum Gasteiger partial charge on any atom is 0.242 e. The molecular formula is C72H93N13O9. The Balaban J connectivity index is 1.27. The highest BCUT2D eigenvalue weighted by atomic mass is 16.2. The summed E-state index contributed by atoms with van der Waals surface area (Å²) in [5.74, 6) is -5.00. The highest BCUT2D eigenvalue weighted by Gasteiger charge is 2.32. The van der Waals surface area contributed by atoms with Gasteiger partial charge in [0.05, 0.1) is 26.2 Å². The molecule has 0 spiro atoms. The van der Waals surface area contributed by atoms with Gasteiger partial charge in [0.15, 0.2) is 0 Å². The summed E-state index contributed by atoms with van der Waals surface area (Å²) in [6.45, 7) is -1.79. The highest BCUT2D eigenvalue weighted by molar-refractivity contribution is 5.94. The molecule has 0 heterocycles. The predicted molar refractivity (Wildman–Crippen MR) is 361 cm³/mol. The summed E-state index contributed by atoms with van der Waals surface area (Å²) >= 11 is 0. The first kappa shape index (κ1) is 73.4. The molecule has 6 rings (SSSR count). The van der Waals surface area contributed by atoms with Crippen molar-refractivity contribution in [3.8, 4) is 0 Å². The minimum atomic E-state index is -0.737. The van der Waals surface area contributed by atoms with E-state index in [1.807, 2.05) is 97.1 Å². The molecule has 0 aliphatic carbocycles. The smallest absolute Gasteiger partial charge is 0.242 e. The van der Waals surface area contributed by atoms with Gasteiger partial charge in [0, 0.05) is 52.4 Å². The number of unbranched alkanes of at least 4 members (excludes halogenated alkanes) is 3. The van der Waals surface area contributed by atoms with Crippen molar-refractivity contribution in [1.82, 2.24) is 44.5 Å². The van der Waals surface area contributed by atoms with Crippen molar-refractivity contribution in [2.45, 2.75) is 77.8 Å².